The van der Waals surface area contributed by atoms with Crippen LogP contribution in [0.1, 0.15) is 13.8 Å². The van der Waals surface area contributed by atoms with Crippen LogP contribution in [0.2, 0.25) is 5.28 Å². The minimum atomic E-state index is -0.306. The van der Waals surface area contributed by atoms with Crippen molar-refractivity contribution in [3.63, 3.8) is 0 Å². The first-order valence-electron chi connectivity index (χ1n) is 8.67. The molecule has 1 aliphatic carbocycles. The van der Waals surface area contributed by atoms with Crippen molar-refractivity contribution < 1.29 is 0 Å². The standard InChI is InChI=1S/C21H17ClN4/c1-13-7-3-4-10-21(13,2)26-19-15-9-6-12-24-17(15)16-14(8-5-11-23-16)18(19)25-20(26)22/h3-13H,1-2H3. The second-order valence-corrected chi connectivity index (χ2v) is 7.31. The maximum absolute atomic E-state index is 6.71. The number of rotatable bonds is 1. The highest BCUT2D eigenvalue weighted by Gasteiger charge is 2.34. The summed E-state index contributed by atoms with van der Waals surface area (Å²) >= 11 is 6.71. The summed E-state index contributed by atoms with van der Waals surface area (Å²) in [6, 6.07) is 7.99. The first-order chi connectivity index (χ1) is 12.6. The van der Waals surface area contributed by atoms with Gasteiger partial charge >= 0.3 is 0 Å². The van der Waals surface area contributed by atoms with Gasteiger partial charge in [0.05, 0.1) is 22.1 Å². The van der Waals surface area contributed by atoms with Crippen LogP contribution >= 0.6 is 11.6 Å². The summed E-state index contributed by atoms with van der Waals surface area (Å²) in [6.07, 6.45) is 12.1. The van der Waals surface area contributed by atoms with E-state index >= 15 is 0 Å². The molecule has 2 atom stereocenters. The minimum Gasteiger partial charge on any atom is -0.304 e. The molecule has 0 N–H and O–H groups in total. The Morgan fingerprint density at radius 3 is 2.42 bits per heavy atom. The van der Waals surface area contributed by atoms with Crippen LogP contribution in [0.15, 0.2) is 61.0 Å². The lowest BCUT2D eigenvalue weighted by atomic mass is 9.83. The molecule has 1 aromatic carbocycles. The molecule has 0 fully saturated rings. The molecule has 2 unspecified atom stereocenters. The summed E-state index contributed by atoms with van der Waals surface area (Å²) in [5.41, 5.74) is 3.30. The largest absolute Gasteiger partial charge is 0.304 e. The van der Waals surface area contributed by atoms with Crippen LogP contribution in [0.5, 0.6) is 0 Å². The lowest BCUT2D eigenvalue weighted by Crippen LogP contribution is -2.35. The molecule has 4 nitrogen and oxygen atoms in total. The fourth-order valence-electron chi connectivity index (χ4n) is 3.94. The molecule has 1 aliphatic rings. The third-order valence-corrected chi connectivity index (χ3v) is 5.79. The highest BCUT2D eigenvalue weighted by molar-refractivity contribution is 6.31. The molecular formula is C21H17ClN4. The monoisotopic (exact) mass is 360 g/mol. The number of nitrogens with zero attached hydrogens (tertiary/aromatic N) is 4. The number of allylic oxidation sites excluding steroid dienone is 4. The van der Waals surface area contributed by atoms with E-state index in [4.69, 9.17) is 16.6 Å². The third-order valence-electron chi connectivity index (χ3n) is 5.53. The van der Waals surface area contributed by atoms with Gasteiger partial charge in [-0.05, 0) is 42.8 Å². The number of pyridine rings is 2. The number of benzene rings is 1. The maximum Gasteiger partial charge on any atom is 0.204 e. The molecule has 5 heteroatoms. The molecule has 0 saturated carbocycles. The molecule has 0 spiro atoms. The summed E-state index contributed by atoms with van der Waals surface area (Å²) < 4.78 is 2.14. The van der Waals surface area contributed by atoms with Gasteiger partial charge in [0.25, 0.3) is 0 Å². The van der Waals surface area contributed by atoms with Gasteiger partial charge in [-0.1, -0.05) is 31.2 Å². The molecule has 0 saturated heterocycles. The molecule has 4 aromatic rings. The van der Waals surface area contributed by atoms with Crippen LogP contribution in [-0.4, -0.2) is 19.5 Å². The molecule has 0 bridgehead atoms. The van der Waals surface area contributed by atoms with E-state index in [9.17, 15) is 0 Å². The molecule has 26 heavy (non-hydrogen) atoms. The third kappa shape index (κ3) is 1.93. The molecule has 0 aliphatic heterocycles. The molecule has 3 heterocycles. The Morgan fingerprint density at radius 2 is 1.69 bits per heavy atom. The highest BCUT2D eigenvalue weighted by atomic mass is 35.5. The lowest BCUT2D eigenvalue weighted by Gasteiger charge is -2.35. The van der Waals surface area contributed by atoms with Gasteiger partial charge in [0.15, 0.2) is 0 Å². The average molecular weight is 361 g/mol. The Labute approximate surface area is 155 Å². The topological polar surface area (TPSA) is 43.6 Å². The van der Waals surface area contributed by atoms with Gasteiger partial charge in [-0.3, -0.25) is 9.97 Å². The quantitative estimate of drug-likeness (QED) is 0.435. The number of imidazole rings is 1. The molecule has 0 radical (unpaired) electrons. The Kier molecular flexibility index (Phi) is 3.22. The van der Waals surface area contributed by atoms with Crippen LogP contribution in [-0.2, 0) is 5.54 Å². The summed E-state index contributed by atoms with van der Waals surface area (Å²) in [7, 11) is 0. The number of halogens is 1. The van der Waals surface area contributed by atoms with Crippen molar-refractivity contribution in [3.05, 3.63) is 66.2 Å². The van der Waals surface area contributed by atoms with Crippen LogP contribution in [0, 0.1) is 5.92 Å². The molecule has 3 aromatic heterocycles. The first-order valence-corrected chi connectivity index (χ1v) is 9.05. The molecular weight excluding hydrogens is 344 g/mol. The van der Waals surface area contributed by atoms with Crippen LogP contribution in [0.25, 0.3) is 32.8 Å². The van der Waals surface area contributed by atoms with E-state index in [1.54, 1.807) is 12.4 Å². The first kappa shape index (κ1) is 15.5. The van der Waals surface area contributed by atoms with Crippen molar-refractivity contribution in [2.75, 3.05) is 0 Å². The van der Waals surface area contributed by atoms with Gasteiger partial charge in [-0.2, -0.15) is 0 Å². The Balaban J connectivity index is 2.03. The van der Waals surface area contributed by atoms with Gasteiger partial charge in [0.1, 0.15) is 5.52 Å². The van der Waals surface area contributed by atoms with E-state index in [0.29, 0.717) is 5.28 Å². The molecule has 0 amide bonds. The van der Waals surface area contributed by atoms with Gasteiger partial charge in [0.2, 0.25) is 5.28 Å². The predicted octanol–water partition coefficient (Wildman–Crippen LogP) is 5.26. The molecule has 5 rings (SSSR count). The predicted molar refractivity (Wildman–Crippen MR) is 106 cm³/mol. The Bertz CT molecular complexity index is 1240. The normalized spacial score (nSPS) is 22.7. The van der Waals surface area contributed by atoms with Crippen molar-refractivity contribution in [2.24, 2.45) is 5.92 Å². The van der Waals surface area contributed by atoms with E-state index < -0.39 is 0 Å². The van der Waals surface area contributed by atoms with E-state index in [2.05, 4.69) is 58.8 Å². The summed E-state index contributed by atoms with van der Waals surface area (Å²) in [6.45, 7) is 4.39. The van der Waals surface area contributed by atoms with Crippen LogP contribution in [0.3, 0.4) is 0 Å². The zero-order chi connectivity index (χ0) is 17.9. The second-order valence-electron chi connectivity index (χ2n) is 6.97. The van der Waals surface area contributed by atoms with E-state index in [1.807, 2.05) is 18.2 Å². The van der Waals surface area contributed by atoms with Crippen molar-refractivity contribution in [3.8, 4) is 0 Å². The summed E-state index contributed by atoms with van der Waals surface area (Å²) in [5.74, 6) is 0.277. The lowest BCUT2D eigenvalue weighted by molar-refractivity contribution is 0.328. The zero-order valence-corrected chi connectivity index (χ0v) is 15.3. The fourth-order valence-corrected chi connectivity index (χ4v) is 4.30. The van der Waals surface area contributed by atoms with Crippen molar-refractivity contribution in [2.45, 2.75) is 19.4 Å². The van der Waals surface area contributed by atoms with Gasteiger partial charge < -0.3 is 4.57 Å². The van der Waals surface area contributed by atoms with Crippen molar-refractivity contribution in [1.29, 1.82) is 0 Å². The minimum absolute atomic E-state index is 0.277. The number of fused-ring (bicyclic) bond motifs is 6. The van der Waals surface area contributed by atoms with Gasteiger partial charge in [-0.15, -0.1) is 0 Å². The SMILES string of the molecule is CC1C=CC=CC1(C)n1c(Cl)nc2c3cccnc3c3ncccc3c21. The Morgan fingerprint density at radius 1 is 1.00 bits per heavy atom. The fraction of sp³-hybridized carbons (Fsp3) is 0.190. The number of hydrogen-bond acceptors (Lipinski definition) is 3. The number of hydrogen-bond donors (Lipinski definition) is 0. The summed E-state index contributed by atoms with van der Waals surface area (Å²) in [4.78, 5) is 13.9. The zero-order valence-electron chi connectivity index (χ0n) is 14.5. The maximum atomic E-state index is 6.71. The van der Waals surface area contributed by atoms with Gasteiger partial charge in [-0.25, -0.2) is 4.98 Å². The summed E-state index contributed by atoms with van der Waals surface area (Å²) in [5, 5.41) is 2.47. The van der Waals surface area contributed by atoms with Gasteiger partial charge in [0, 0.05) is 29.1 Å². The van der Waals surface area contributed by atoms with Crippen molar-refractivity contribution in [1.82, 2.24) is 19.5 Å². The van der Waals surface area contributed by atoms with E-state index in [0.717, 1.165) is 32.8 Å². The Hall–Kier alpha value is -2.72. The number of aromatic nitrogens is 4. The van der Waals surface area contributed by atoms with Crippen LogP contribution in [0.4, 0.5) is 0 Å². The smallest absolute Gasteiger partial charge is 0.204 e. The van der Waals surface area contributed by atoms with E-state index in [1.165, 1.54) is 0 Å². The molecule has 128 valence electrons. The van der Waals surface area contributed by atoms with Crippen LogP contribution < -0.4 is 0 Å². The average Bonchev–Trinajstić information content (AvgIpc) is 3.02. The van der Waals surface area contributed by atoms with E-state index in [-0.39, 0.29) is 11.5 Å². The second kappa shape index (κ2) is 5.39. The van der Waals surface area contributed by atoms with Crippen molar-refractivity contribution >= 4 is 44.4 Å². The highest BCUT2D eigenvalue weighted by Crippen LogP contribution is 2.41.